The number of carbonyl (C=O) groups is 1. The van der Waals surface area contributed by atoms with E-state index in [4.69, 9.17) is 0 Å². The summed E-state index contributed by atoms with van der Waals surface area (Å²) >= 11 is 0.887. The highest BCUT2D eigenvalue weighted by Gasteiger charge is 2.34. The average molecular weight is 431 g/mol. The maximum Gasteiger partial charge on any atom is 0.433 e. The Morgan fingerprint density at radius 1 is 1.00 bits per heavy atom. The lowest BCUT2D eigenvalue weighted by atomic mass is 10.1. The minimum Gasteiger partial charge on any atom is -0.325 e. The van der Waals surface area contributed by atoms with Crippen molar-refractivity contribution < 1.29 is 18.0 Å². The lowest BCUT2D eigenvalue weighted by Crippen LogP contribution is -2.24. The number of para-hydroxylation sites is 1. The molecule has 3 aromatic rings. The fourth-order valence-electron chi connectivity index (χ4n) is 2.83. The van der Waals surface area contributed by atoms with Crippen molar-refractivity contribution in [2.75, 3.05) is 5.32 Å². The molecular weight excluding hydrogens is 411 g/mol. The standard InChI is InChI=1S/C22H20F3N3OS/c1-13-8-7-9-14(2)19(13)28-20(29)15(3)30-21-26-17(16-10-5-4-6-11-16)12-18(27-21)22(23,24)25/h4-12,15H,1-3H3,(H,28,29). The molecule has 3 rings (SSSR count). The van der Waals surface area contributed by atoms with E-state index in [2.05, 4.69) is 15.3 Å². The highest BCUT2D eigenvalue weighted by atomic mass is 32.2. The van der Waals surface area contributed by atoms with Crippen LogP contribution in [0.2, 0.25) is 0 Å². The van der Waals surface area contributed by atoms with Crippen LogP contribution in [0.1, 0.15) is 23.7 Å². The van der Waals surface area contributed by atoms with Gasteiger partial charge in [0.1, 0.15) is 5.69 Å². The molecule has 4 nitrogen and oxygen atoms in total. The van der Waals surface area contributed by atoms with Crippen LogP contribution in [0, 0.1) is 13.8 Å². The third kappa shape index (κ3) is 5.18. The Morgan fingerprint density at radius 2 is 1.63 bits per heavy atom. The molecule has 1 heterocycles. The summed E-state index contributed by atoms with van der Waals surface area (Å²) in [5, 5.41) is 2.05. The third-order valence-electron chi connectivity index (χ3n) is 4.45. The number of aromatic nitrogens is 2. The molecule has 1 amide bonds. The topological polar surface area (TPSA) is 54.9 Å². The van der Waals surface area contributed by atoms with Gasteiger partial charge in [0.2, 0.25) is 5.91 Å². The van der Waals surface area contributed by atoms with Gasteiger partial charge in [-0.2, -0.15) is 13.2 Å². The van der Waals surface area contributed by atoms with Crippen LogP contribution in [-0.2, 0) is 11.0 Å². The first-order chi connectivity index (χ1) is 14.1. The zero-order valence-corrected chi connectivity index (χ0v) is 17.4. The fourth-order valence-corrected chi connectivity index (χ4v) is 3.61. The Morgan fingerprint density at radius 3 is 2.23 bits per heavy atom. The molecule has 2 aromatic carbocycles. The van der Waals surface area contributed by atoms with Gasteiger partial charge in [-0.3, -0.25) is 4.79 Å². The number of hydrogen-bond donors (Lipinski definition) is 1. The third-order valence-corrected chi connectivity index (χ3v) is 5.41. The van der Waals surface area contributed by atoms with Gasteiger partial charge in [0, 0.05) is 11.3 Å². The summed E-state index contributed by atoms with van der Waals surface area (Å²) in [6, 6.07) is 15.1. The summed E-state index contributed by atoms with van der Waals surface area (Å²) in [5.74, 6) is -0.334. The van der Waals surface area contributed by atoms with Crippen molar-refractivity contribution in [1.29, 1.82) is 0 Å². The average Bonchev–Trinajstić information content (AvgIpc) is 2.70. The van der Waals surface area contributed by atoms with Crippen LogP contribution in [0.3, 0.4) is 0 Å². The first-order valence-electron chi connectivity index (χ1n) is 9.20. The maximum atomic E-state index is 13.4. The largest absolute Gasteiger partial charge is 0.433 e. The smallest absolute Gasteiger partial charge is 0.325 e. The Kier molecular flexibility index (Phi) is 6.45. The van der Waals surface area contributed by atoms with Gasteiger partial charge in [-0.05, 0) is 38.0 Å². The van der Waals surface area contributed by atoms with Gasteiger partial charge in [0.15, 0.2) is 5.16 Å². The molecule has 30 heavy (non-hydrogen) atoms. The predicted octanol–water partition coefficient (Wildman–Crippen LogP) is 5.90. The molecule has 0 aliphatic rings. The number of carbonyl (C=O) groups excluding carboxylic acids is 1. The minimum atomic E-state index is -4.62. The van der Waals surface area contributed by atoms with E-state index in [1.54, 1.807) is 37.3 Å². The van der Waals surface area contributed by atoms with Crippen LogP contribution in [0.5, 0.6) is 0 Å². The Labute approximate surface area is 177 Å². The van der Waals surface area contributed by atoms with Gasteiger partial charge in [-0.15, -0.1) is 0 Å². The molecule has 1 atom stereocenters. The molecule has 0 saturated heterocycles. The number of thioether (sulfide) groups is 1. The van der Waals surface area contributed by atoms with Crippen molar-refractivity contribution in [3.05, 3.63) is 71.4 Å². The van der Waals surface area contributed by atoms with Crippen molar-refractivity contribution in [3.63, 3.8) is 0 Å². The second-order valence-electron chi connectivity index (χ2n) is 6.80. The number of nitrogens with one attached hydrogen (secondary N) is 1. The van der Waals surface area contributed by atoms with Crippen molar-refractivity contribution >= 4 is 23.4 Å². The highest BCUT2D eigenvalue weighted by molar-refractivity contribution is 8.00. The van der Waals surface area contributed by atoms with Crippen LogP contribution >= 0.6 is 11.8 Å². The Bertz CT molecular complexity index is 1030. The summed E-state index contributed by atoms with van der Waals surface area (Å²) in [7, 11) is 0. The normalized spacial score (nSPS) is 12.5. The van der Waals surface area contributed by atoms with Crippen molar-refractivity contribution in [3.8, 4) is 11.3 Å². The number of aryl methyl sites for hydroxylation is 2. The zero-order valence-electron chi connectivity index (χ0n) is 16.6. The molecule has 1 unspecified atom stereocenters. The van der Waals surface area contributed by atoms with E-state index in [-0.39, 0.29) is 16.8 Å². The molecule has 0 saturated carbocycles. The number of rotatable bonds is 5. The van der Waals surface area contributed by atoms with Gasteiger partial charge < -0.3 is 5.32 Å². The molecule has 0 aliphatic heterocycles. The van der Waals surface area contributed by atoms with E-state index in [9.17, 15) is 18.0 Å². The van der Waals surface area contributed by atoms with Crippen LogP contribution in [0.25, 0.3) is 11.3 Å². The maximum absolute atomic E-state index is 13.4. The number of hydrogen-bond acceptors (Lipinski definition) is 4. The summed E-state index contributed by atoms with van der Waals surface area (Å²) in [6.07, 6.45) is -4.62. The second-order valence-corrected chi connectivity index (χ2v) is 8.11. The van der Waals surface area contributed by atoms with E-state index in [0.29, 0.717) is 11.3 Å². The summed E-state index contributed by atoms with van der Waals surface area (Å²) < 4.78 is 40.1. The number of anilines is 1. The van der Waals surface area contributed by atoms with Gasteiger partial charge in [-0.1, -0.05) is 60.3 Å². The van der Waals surface area contributed by atoms with Crippen LogP contribution in [0.15, 0.2) is 59.8 Å². The molecule has 0 fully saturated rings. The summed E-state index contributed by atoms with van der Waals surface area (Å²) in [6.45, 7) is 5.37. The SMILES string of the molecule is Cc1cccc(C)c1NC(=O)C(C)Sc1nc(-c2ccccc2)cc(C(F)(F)F)n1. The van der Waals surface area contributed by atoms with Crippen LogP contribution in [-0.4, -0.2) is 21.1 Å². The van der Waals surface area contributed by atoms with E-state index in [1.165, 1.54) is 0 Å². The molecular formula is C22H20F3N3OS. The molecule has 1 aromatic heterocycles. The monoisotopic (exact) mass is 431 g/mol. The minimum absolute atomic E-state index is 0.104. The number of nitrogens with zero attached hydrogens (tertiary/aromatic N) is 2. The van der Waals surface area contributed by atoms with E-state index in [0.717, 1.165) is 29.0 Å². The van der Waals surface area contributed by atoms with Gasteiger partial charge in [0.05, 0.1) is 10.9 Å². The molecule has 0 aliphatic carbocycles. The first-order valence-corrected chi connectivity index (χ1v) is 10.1. The Hall–Kier alpha value is -2.87. The van der Waals surface area contributed by atoms with Gasteiger partial charge in [-0.25, -0.2) is 9.97 Å². The van der Waals surface area contributed by atoms with E-state index < -0.39 is 17.1 Å². The Balaban J connectivity index is 1.87. The lowest BCUT2D eigenvalue weighted by molar-refractivity contribution is -0.141. The van der Waals surface area contributed by atoms with Crippen molar-refractivity contribution in [2.45, 2.75) is 37.4 Å². The number of benzene rings is 2. The van der Waals surface area contributed by atoms with Crippen LogP contribution < -0.4 is 5.32 Å². The van der Waals surface area contributed by atoms with Gasteiger partial charge >= 0.3 is 6.18 Å². The molecule has 8 heteroatoms. The van der Waals surface area contributed by atoms with E-state index in [1.807, 2.05) is 32.0 Å². The summed E-state index contributed by atoms with van der Waals surface area (Å²) in [4.78, 5) is 20.5. The number of halogens is 3. The molecule has 1 N–H and O–H groups in total. The number of amides is 1. The second kappa shape index (κ2) is 8.87. The quantitative estimate of drug-likeness (QED) is 0.404. The molecule has 156 valence electrons. The van der Waals surface area contributed by atoms with Crippen molar-refractivity contribution in [2.24, 2.45) is 0 Å². The molecule has 0 radical (unpaired) electrons. The number of alkyl halides is 3. The van der Waals surface area contributed by atoms with E-state index >= 15 is 0 Å². The molecule has 0 spiro atoms. The molecule has 0 bridgehead atoms. The lowest BCUT2D eigenvalue weighted by Gasteiger charge is -2.16. The zero-order chi connectivity index (χ0) is 21.9. The fraction of sp³-hybridized carbons (Fsp3) is 0.227. The highest BCUT2D eigenvalue weighted by Crippen LogP contribution is 2.33. The summed E-state index contributed by atoms with van der Waals surface area (Å²) in [5.41, 5.74) is 2.17. The van der Waals surface area contributed by atoms with Gasteiger partial charge in [0.25, 0.3) is 0 Å². The van der Waals surface area contributed by atoms with Crippen molar-refractivity contribution in [1.82, 2.24) is 9.97 Å². The van der Waals surface area contributed by atoms with Crippen LogP contribution in [0.4, 0.5) is 18.9 Å². The predicted molar refractivity (Wildman–Crippen MR) is 112 cm³/mol. The first kappa shape index (κ1) is 21.8.